The maximum absolute atomic E-state index is 12.4. The number of ether oxygens (including phenoxy) is 2. The van der Waals surface area contributed by atoms with Gasteiger partial charge in [0, 0.05) is 11.3 Å². The molecule has 29 heavy (non-hydrogen) atoms. The fourth-order valence-electron chi connectivity index (χ4n) is 3.04. The van der Waals surface area contributed by atoms with Crippen molar-refractivity contribution in [1.29, 1.82) is 0 Å². The molecule has 2 heterocycles. The molecule has 1 N–H and O–H groups in total. The van der Waals surface area contributed by atoms with E-state index < -0.39 is 0 Å². The van der Waals surface area contributed by atoms with Gasteiger partial charge in [-0.15, -0.1) is 0 Å². The Morgan fingerprint density at radius 2 is 1.90 bits per heavy atom. The van der Waals surface area contributed by atoms with Gasteiger partial charge in [-0.1, -0.05) is 48.2 Å². The van der Waals surface area contributed by atoms with E-state index in [0.29, 0.717) is 10.9 Å². The fourth-order valence-corrected chi connectivity index (χ4v) is 3.76. The van der Waals surface area contributed by atoms with E-state index in [2.05, 4.69) is 15.3 Å². The molecule has 4 rings (SSSR count). The van der Waals surface area contributed by atoms with Gasteiger partial charge in [-0.25, -0.2) is 9.97 Å². The number of carbonyl (C=O) groups is 1. The predicted molar refractivity (Wildman–Crippen MR) is 112 cm³/mol. The lowest BCUT2D eigenvalue weighted by Gasteiger charge is -2.14. The number of nitrogens with zero attached hydrogens (tertiary/aromatic N) is 2. The summed E-state index contributed by atoms with van der Waals surface area (Å²) in [5.41, 5.74) is 3.72. The van der Waals surface area contributed by atoms with Crippen LogP contribution in [0, 0.1) is 6.92 Å². The maximum atomic E-state index is 12.4. The Labute approximate surface area is 173 Å². The van der Waals surface area contributed by atoms with E-state index in [1.54, 1.807) is 0 Å². The van der Waals surface area contributed by atoms with Gasteiger partial charge in [-0.2, -0.15) is 0 Å². The quantitative estimate of drug-likeness (QED) is 0.489. The average Bonchev–Trinajstić information content (AvgIpc) is 3.20. The predicted octanol–water partition coefficient (Wildman–Crippen LogP) is 4.15. The molecular formula is C22H21N3O3S. The minimum atomic E-state index is -0.143. The Hall–Kier alpha value is -3.06. The van der Waals surface area contributed by atoms with Crippen molar-refractivity contribution in [3.8, 4) is 22.8 Å². The summed E-state index contributed by atoms with van der Waals surface area (Å²) in [5, 5.41) is 3.60. The second-order valence-corrected chi connectivity index (χ2v) is 7.68. The molecule has 6 nitrogen and oxygen atoms in total. The summed E-state index contributed by atoms with van der Waals surface area (Å²) in [5.74, 6) is 1.60. The van der Waals surface area contributed by atoms with Gasteiger partial charge in [-0.05, 0) is 37.6 Å². The van der Waals surface area contributed by atoms with E-state index >= 15 is 0 Å². The highest BCUT2D eigenvalue weighted by Crippen LogP contribution is 2.34. The summed E-state index contributed by atoms with van der Waals surface area (Å²) in [7, 11) is 0. The Morgan fingerprint density at radius 3 is 2.72 bits per heavy atom. The van der Waals surface area contributed by atoms with Crippen molar-refractivity contribution in [3.05, 3.63) is 65.9 Å². The van der Waals surface area contributed by atoms with Crippen LogP contribution in [0.2, 0.25) is 0 Å². The number of aryl methyl sites for hydroxylation is 1. The van der Waals surface area contributed by atoms with Crippen LogP contribution in [-0.2, 0) is 4.79 Å². The number of hydrogen-bond donors (Lipinski definition) is 1. The minimum absolute atomic E-state index is 0.0773. The summed E-state index contributed by atoms with van der Waals surface area (Å²) in [6.07, 6.45) is 0. The molecule has 0 fully saturated rings. The van der Waals surface area contributed by atoms with Crippen molar-refractivity contribution in [2.45, 2.75) is 25.0 Å². The molecule has 7 heteroatoms. The van der Waals surface area contributed by atoms with E-state index in [0.717, 1.165) is 28.3 Å². The van der Waals surface area contributed by atoms with Crippen LogP contribution in [0.4, 0.5) is 0 Å². The number of thioether (sulfide) groups is 1. The third-order valence-electron chi connectivity index (χ3n) is 4.51. The van der Waals surface area contributed by atoms with Crippen LogP contribution in [0.25, 0.3) is 11.3 Å². The molecule has 0 aliphatic carbocycles. The number of carbonyl (C=O) groups excluding carboxylic acids is 1. The highest BCUT2D eigenvalue weighted by Gasteiger charge is 2.17. The number of amides is 1. The van der Waals surface area contributed by atoms with Crippen molar-refractivity contribution >= 4 is 17.7 Å². The third-order valence-corrected chi connectivity index (χ3v) is 5.36. The van der Waals surface area contributed by atoms with Crippen LogP contribution in [0.3, 0.4) is 0 Å². The number of aromatic nitrogens is 2. The van der Waals surface area contributed by atoms with Crippen molar-refractivity contribution in [3.63, 3.8) is 0 Å². The standard InChI is InChI=1S/C22H21N3O3S/c1-14-10-18(16-6-4-3-5-7-16)25-22(23-14)29-12-21(26)24-15(2)17-8-9-19-20(11-17)28-13-27-19/h3-11,15H,12-13H2,1-2H3,(H,24,26)/t15-/m0/s1. The minimum Gasteiger partial charge on any atom is -0.454 e. The van der Waals surface area contributed by atoms with Crippen LogP contribution in [0.15, 0.2) is 59.8 Å². The average molecular weight is 407 g/mol. The van der Waals surface area contributed by atoms with E-state index in [1.807, 2.05) is 68.4 Å². The Morgan fingerprint density at radius 1 is 1.10 bits per heavy atom. The van der Waals surface area contributed by atoms with Crippen LogP contribution in [0.1, 0.15) is 24.2 Å². The van der Waals surface area contributed by atoms with Gasteiger partial charge in [0.25, 0.3) is 0 Å². The number of benzene rings is 2. The third kappa shape index (κ3) is 4.68. The van der Waals surface area contributed by atoms with Crippen LogP contribution in [0.5, 0.6) is 11.5 Å². The number of nitrogens with one attached hydrogen (secondary N) is 1. The summed E-state index contributed by atoms with van der Waals surface area (Å²) in [6, 6.07) is 17.4. The number of rotatable bonds is 6. The Kier molecular flexibility index (Phi) is 5.67. The van der Waals surface area contributed by atoms with Crippen LogP contribution >= 0.6 is 11.8 Å². The first-order chi connectivity index (χ1) is 14.1. The molecule has 0 bridgehead atoms. The normalized spacial score (nSPS) is 13.2. The van der Waals surface area contributed by atoms with Crippen molar-refractivity contribution < 1.29 is 14.3 Å². The number of hydrogen-bond acceptors (Lipinski definition) is 6. The first-order valence-corrected chi connectivity index (χ1v) is 10.3. The summed E-state index contributed by atoms with van der Waals surface area (Å²) < 4.78 is 10.7. The fraction of sp³-hybridized carbons (Fsp3) is 0.227. The molecule has 1 atom stereocenters. The van der Waals surface area contributed by atoms with Gasteiger partial charge in [0.15, 0.2) is 16.7 Å². The SMILES string of the molecule is Cc1cc(-c2ccccc2)nc(SCC(=O)N[C@@H](C)c2ccc3c(c2)OCO3)n1. The molecule has 148 valence electrons. The van der Waals surface area contributed by atoms with Gasteiger partial charge in [0.1, 0.15) is 0 Å². The van der Waals surface area contributed by atoms with Gasteiger partial charge >= 0.3 is 0 Å². The van der Waals surface area contributed by atoms with Crippen LogP contribution < -0.4 is 14.8 Å². The van der Waals surface area contributed by atoms with E-state index in [1.165, 1.54) is 11.8 Å². The van der Waals surface area contributed by atoms with E-state index in [4.69, 9.17) is 9.47 Å². The van der Waals surface area contributed by atoms with Crippen molar-refractivity contribution in [1.82, 2.24) is 15.3 Å². The Balaban J connectivity index is 1.38. The highest BCUT2D eigenvalue weighted by atomic mass is 32.2. The molecule has 1 amide bonds. The lowest BCUT2D eigenvalue weighted by Crippen LogP contribution is -2.28. The zero-order valence-electron chi connectivity index (χ0n) is 16.2. The largest absolute Gasteiger partial charge is 0.454 e. The van der Waals surface area contributed by atoms with E-state index in [-0.39, 0.29) is 24.5 Å². The number of fused-ring (bicyclic) bond motifs is 1. The maximum Gasteiger partial charge on any atom is 0.231 e. The molecule has 3 aromatic rings. The van der Waals surface area contributed by atoms with Gasteiger partial charge in [0.2, 0.25) is 12.7 Å². The summed E-state index contributed by atoms with van der Waals surface area (Å²) in [6.45, 7) is 4.11. The summed E-state index contributed by atoms with van der Waals surface area (Å²) >= 11 is 1.33. The van der Waals surface area contributed by atoms with Crippen molar-refractivity contribution in [2.75, 3.05) is 12.5 Å². The van der Waals surface area contributed by atoms with Crippen molar-refractivity contribution in [2.24, 2.45) is 0 Å². The molecule has 0 saturated heterocycles. The molecule has 1 aromatic heterocycles. The zero-order valence-corrected chi connectivity index (χ0v) is 17.0. The molecule has 0 radical (unpaired) electrons. The topological polar surface area (TPSA) is 73.3 Å². The second-order valence-electron chi connectivity index (χ2n) is 6.73. The lowest BCUT2D eigenvalue weighted by molar-refractivity contribution is -0.119. The van der Waals surface area contributed by atoms with E-state index in [9.17, 15) is 4.79 Å². The van der Waals surface area contributed by atoms with Gasteiger partial charge < -0.3 is 14.8 Å². The lowest BCUT2D eigenvalue weighted by atomic mass is 10.1. The molecule has 1 aliphatic rings. The second kappa shape index (κ2) is 8.53. The molecule has 2 aromatic carbocycles. The zero-order chi connectivity index (χ0) is 20.2. The monoisotopic (exact) mass is 407 g/mol. The van der Waals surface area contributed by atoms with Gasteiger partial charge in [0.05, 0.1) is 17.5 Å². The molecule has 0 saturated carbocycles. The smallest absolute Gasteiger partial charge is 0.231 e. The first kappa shape index (κ1) is 19.3. The van der Waals surface area contributed by atoms with Gasteiger partial charge in [-0.3, -0.25) is 4.79 Å². The summed E-state index contributed by atoms with van der Waals surface area (Å²) in [4.78, 5) is 21.5. The molecule has 0 unspecified atom stereocenters. The first-order valence-electron chi connectivity index (χ1n) is 9.31. The highest BCUT2D eigenvalue weighted by molar-refractivity contribution is 7.99. The molecule has 1 aliphatic heterocycles. The van der Waals surface area contributed by atoms with Crippen LogP contribution in [-0.4, -0.2) is 28.4 Å². The molecule has 0 spiro atoms. The Bertz CT molecular complexity index is 1030. The molecular weight excluding hydrogens is 386 g/mol.